The number of carbonyl (C=O) groups is 2. The number of hydrogen-bond donors (Lipinski definition) is 1. The zero-order valence-corrected chi connectivity index (χ0v) is 17.4. The Morgan fingerprint density at radius 1 is 0.839 bits per heavy atom. The maximum absolute atomic E-state index is 13.5. The van der Waals surface area contributed by atoms with Crippen LogP contribution in [0.15, 0.2) is 72.4 Å². The van der Waals surface area contributed by atoms with Crippen LogP contribution in [0.4, 0.5) is 15.8 Å². The fourth-order valence-electron chi connectivity index (χ4n) is 3.66. The number of nitrogens with one attached hydrogen (secondary N) is 1. The fourth-order valence-corrected chi connectivity index (χ4v) is 3.66. The number of nitrogens with zero attached hydrogens (tertiary/aromatic N) is 1. The molecule has 0 fully saturated rings. The van der Waals surface area contributed by atoms with Crippen LogP contribution in [0.3, 0.4) is 0 Å². The van der Waals surface area contributed by atoms with Crippen molar-refractivity contribution in [1.82, 2.24) is 0 Å². The Hall–Kier alpha value is -3.93. The van der Waals surface area contributed by atoms with E-state index in [1.54, 1.807) is 43.5 Å². The predicted octanol–water partition coefficient (Wildman–Crippen LogP) is 4.85. The number of methoxy groups -OCH3 is 1. The van der Waals surface area contributed by atoms with Gasteiger partial charge >= 0.3 is 0 Å². The average Bonchev–Trinajstić information content (AvgIpc) is 2.98. The summed E-state index contributed by atoms with van der Waals surface area (Å²) in [4.78, 5) is 28.0. The first kappa shape index (κ1) is 20.3. The maximum atomic E-state index is 13.5. The van der Waals surface area contributed by atoms with E-state index in [0.717, 1.165) is 16.0 Å². The van der Waals surface area contributed by atoms with Crippen molar-refractivity contribution in [3.05, 3.63) is 94.9 Å². The van der Waals surface area contributed by atoms with E-state index >= 15 is 0 Å². The van der Waals surface area contributed by atoms with Crippen LogP contribution in [0.2, 0.25) is 0 Å². The Morgan fingerprint density at radius 3 is 2.03 bits per heavy atom. The molecule has 0 atom stereocenters. The third kappa shape index (κ3) is 3.92. The second kappa shape index (κ2) is 8.07. The quantitative estimate of drug-likeness (QED) is 0.604. The van der Waals surface area contributed by atoms with Crippen molar-refractivity contribution < 1.29 is 18.7 Å². The molecule has 0 saturated carbocycles. The number of benzene rings is 3. The maximum Gasteiger partial charge on any atom is 0.282 e. The van der Waals surface area contributed by atoms with Gasteiger partial charge in [-0.3, -0.25) is 9.59 Å². The zero-order valence-electron chi connectivity index (χ0n) is 17.4. The lowest BCUT2D eigenvalue weighted by Gasteiger charge is -2.17. The summed E-state index contributed by atoms with van der Waals surface area (Å²) in [5.74, 6) is -0.677. The monoisotopic (exact) mass is 416 g/mol. The lowest BCUT2D eigenvalue weighted by Crippen LogP contribution is -2.32. The van der Waals surface area contributed by atoms with Crippen molar-refractivity contribution in [2.24, 2.45) is 0 Å². The standard InChI is InChI=1S/C25H21FN2O3/c1-15-12-16(2)14-20(13-15)28-24(29)22(17-4-6-18(26)7-5-17)23(25(28)30)27-19-8-10-21(31-3)11-9-19/h4-14,27H,1-3H3. The molecule has 5 nitrogen and oxygen atoms in total. The fraction of sp³-hybridized carbons (Fsp3) is 0.120. The number of imide groups is 1. The van der Waals surface area contributed by atoms with Crippen LogP contribution >= 0.6 is 0 Å². The molecule has 0 bridgehead atoms. The van der Waals surface area contributed by atoms with Crippen LogP contribution in [-0.2, 0) is 9.59 Å². The van der Waals surface area contributed by atoms with Gasteiger partial charge in [0.2, 0.25) is 0 Å². The van der Waals surface area contributed by atoms with Crippen LogP contribution in [-0.4, -0.2) is 18.9 Å². The third-order valence-corrected chi connectivity index (χ3v) is 5.04. The highest BCUT2D eigenvalue weighted by atomic mass is 19.1. The summed E-state index contributed by atoms with van der Waals surface area (Å²) < 4.78 is 18.7. The van der Waals surface area contributed by atoms with E-state index in [4.69, 9.17) is 4.74 Å². The first-order valence-electron chi connectivity index (χ1n) is 9.76. The van der Waals surface area contributed by atoms with Crippen molar-refractivity contribution in [2.75, 3.05) is 17.3 Å². The van der Waals surface area contributed by atoms with E-state index in [1.165, 1.54) is 24.3 Å². The van der Waals surface area contributed by atoms with Crippen molar-refractivity contribution >= 4 is 28.8 Å². The van der Waals surface area contributed by atoms with E-state index in [2.05, 4.69) is 5.32 Å². The average molecular weight is 416 g/mol. The summed E-state index contributed by atoms with van der Waals surface area (Å²) in [6.45, 7) is 3.82. The smallest absolute Gasteiger partial charge is 0.282 e. The Kier molecular flexibility index (Phi) is 5.29. The van der Waals surface area contributed by atoms with Crippen LogP contribution in [0.5, 0.6) is 5.75 Å². The van der Waals surface area contributed by atoms with Crippen LogP contribution in [0, 0.1) is 19.7 Å². The van der Waals surface area contributed by atoms with Gasteiger partial charge in [-0.1, -0.05) is 18.2 Å². The molecule has 1 aliphatic rings. The highest BCUT2D eigenvalue weighted by Crippen LogP contribution is 2.34. The van der Waals surface area contributed by atoms with Crippen LogP contribution < -0.4 is 15.0 Å². The Labute approximate surface area is 179 Å². The minimum Gasteiger partial charge on any atom is -0.497 e. The summed E-state index contributed by atoms with van der Waals surface area (Å²) >= 11 is 0. The van der Waals surface area contributed by atoms with Gasteiger partial charge in [-0.15, -0.1) is 0 Å². The Morgan fingerprint density at radius 2 is 1.45 bits per heavy atom. The molecule has 0 radical (unpaired) electrons. The minimum atomic E-state index is -0.467. The molecule has 3 aromatic carbocycles. The van der Waals surface area contributed by atoms with Gasteiger partial charge in [0.15, 0.2) is 0 Å². The summed E-state index contributed by atoms with van der Waals surface area (Å²) in [6, 6.07) is 18.1. The lowest BCUT2D eigenvalue weighted by molar-refractivity contribution is -0.120. The van der Waals surface area contributed by atoms with Gasteiger partial charge in [-0.05, 0) is 79.1 Å². The Bertz CT molecular complexity index is 1180. The normalized spacial score (nSPS) is 13.7. The van der Waals surface area contributed by atoms with Gasteiger partial charge in [0.25, 0.3) is 11.8 Å². The molecule has 3 aromatic rings. The lowest BCUT2D eigenvalue weighted by atomic mass is 10.0. The molecule has 0 aromatic heterocycles. The summed E-state index contributed by atoms with van der Waals surface area (Å²) in [5.41, 5.74) is 3.80. The summed E-state index contributed by atoms with van der Waals surface area (Å²) in [5, 5.41) is 3.08. The first-order chi connectivity index (χ1) is 14.9. The Balaban J connectivity index is 1.81. The second-order valence-corrected chi connectivity index (χ2v) is 7.40. The minimum absolute atomic E-state index is 0.140. The van der Waals surface area contributed by atoms with Crippen LogP contribution in [0.25, 0.3) is 5.57 Å². The molecule has 2 amide bonds. The number of anilines is 2. The van der Waals surface area contributed by atoms with Gasteiger partial charge in [-0.2, -0.15) is 0 Å². The first-order valence-corrected chi connectivity index (χ1v) is 9.76. The van der Waals surface area contributed by atoms with Crippen molar-refractivity contribution in [3.63, 3.8) is 0 Å². The van der Waals surface area contributed by atoms with Gasteiger partial charge in [0.1, 0.15) is 17.3 Å². The number of halogens is 1. The van der Waals surface area contributed by atoms with E-state index < -0.39 is 17.6 Å². The number of ether oxygens (including phenoxy) is 1. The largest absolute Gasteiger partial charge is 0.497 e. The van der Waals surface area contributed by atoms with Crippen molar-refractivity contribution in [1.29, 1.82) is 0 Å². The molecule has 0 unspecified atom stereocenters. The summed E-state index contributed by atoms with van der Waals surface area (Å²) in [7, 11) is 1.57. The number of hydrogen-bond acceptors (Lipinski definition) is 4. The number of aryl methyl sites for hydroxylation is 2. The molecule has 31 heavy (non-hydrogen) atoms. The van der Waals surface area contributed by atoms with E-state index in [9.17, 15) is 14.0 Å². The highest BCUT2D eigenvalue weighted by Gasteiger charge is 2.40. The zero-order chi connectivity index (χ0) is 22.1. The molecule has 0 saturated heterocycles. The van der Waals surface area contributed by atoms with Gasteiger partial charge in [0.05, 0.1) is 18.4 Å². The van der Waals surface area contributed by atoms with E-state index in [0.29, 0.717) is 22.7 Å². The third-order valence-electron chi connectivity index (χ3n) is 5.04. The molecule has 0 spiro atoms. The molecule has 0 aliphatic carbocycles. The predicted molar refractivity (Wildman–Crippen MR) is 118 cm³/mol. The van der Waals surface area contributed by atoms with Crippen molar-refractivity contribution in [2.45, 2.75) is 13.8 Å². The van der Waals surface area contributed by atoms with Gasteiger partial charge < -0.3 is 10.1 Å². The van der Waals surface area contributed by atoms with Gasteiger partial charge in [0, 0.05) is 5.69 Å². The molecular weight excluding hydrogens is 395 g/mol. The molecule has 1 heterocycles. The molecule has 1 N–H and O–H groups in total. The molecule has 4 rings (SSSR count). The molecule has 156 valence electrons. The van der Waals surface area contributed by atoms with Crippen LogP contribution in [0.1, 0.15) is 16.7 Å². The molecule has 6 heteroatoms. The van der Waals surface area contributed by atoms with Crippen molar-refractivity contribution in [3.8, 4) is 5.75 Å². The number of carbonyl (C=O) groups excluding carboxylic acids is 2. The highest BCUT2D eigenvalue weighted by molar-refractivity contribution is 6.46. The molecular formula is C25H21FN2O3. The summed E-state index contributed by atoms with van der Waals surface area (Å²) in [6.07, 6.45) is 0. The number of rotatable bonds is 5. The van der Waals surface area contributed by atoms with E-state index in [-0.39, 0.29) is 11.3 Å². The molecule has 1 aliphatic heterocycles. The van der Waals surface area contributed by atoms with E-state index in [1.807, 2.05) is 19.9 Å². The second-order valence-electron chi connectivity index (χ2n) is 7.40. The van der Waals surface area contributed by atoms with Gasteiger partial charge in [-0.25, -0.2) is 9.29 Å². The number of amides is 2. The SMILES string of the molecule is COc1ccc(NC2=C(c3ccc(F)cc3)C(=O)N(c3cc(C)cc(C)c3)C2=O)cc1. The topological polar surface area (TPSA) is 58.6 Å².